The minimum atomic E-state index is -0.155. The third-order valence-corrected chi connectivity index (χ3v) is 5.63. The van der Waals surface area contributed by atoms with Crippen molar-refractivity contribution < 1.29 is 9.53 Å². The molecule has 0 saturated carbocycles. The fraction of sp³-hybridized carbons (Fsp3) is 0.273. The van der Waals surface area contributed by atoms with Gasteiger partial charge in [0.05, 0.1) is 17.4 Å². The monoisotopic (exact) mass is 374 g/mol. The van der Waals surface area contributed by atoms with Crippen molar-refractivity contribution in [1.82, 2.24) is 14.9 Å². The fourth-order valence-corrected chi connectivity index (χ4v) is 4.20. The topological polar surface area (TPSA) is 82.2 Å². The van der Waals surface area contributed by atoms with E-state index in [0.717, 1.165) is 42.0 Å². The van der Waals surface area contributed by atoms with Gasteiger partial charge < -0.3 is 15.8 Å². The molecule has 2 aliphatic rings. The average molecular weight is 374 g/mol. The van der Waals surface area contributed by atoms with Crippen LogP contribution in [-0.4, -0.2) is 15.5 Å². The Bertz CT molecular complexity index is 1060. The highest BCUT2D eigenvalue weighted by Gasteiger charge is 2.27. The average Bonchev–Trinajstić information content (AvgIpc) is 3.18. The summed E-state index contributed by atoms with van der Waals surface area (Å²) in [7, 11) is 0. The summed E-state index contributed by atoms with van der Waals surface area (Å²) < 4.78 is 7.76. The van der Waals surface area contributed by atoms with Gasteiger partial charge in [0.1, 0.15) is 18.7 Å². The van der Waals surface area contributed by atoms with Crippen molar-refractivity contribution in [2.45, 2.75) is 38.5 Å². The van der Waals surface area contributed by atoms with E-state index in [-0.39, 0.29) is 11.9 Å². The second-order valence-corrected chi connectivity index (χ2v) is 7.32. The molecule has 1 unspecified atom stereocenters. The number of para-hydroxylation sites is 2. The van der Waals surface area contributed by atoms with Crippen molar-refractivity contribution in [3.8, 4) is 11.4 Å². The number of fused-ring (bicyclic) bond motifs is 4. The molecule has 0 spiro atoms. The standard InChI is InChI=1S/C22H22N4O2/c23-11-14-8-9-16-15(10-14)4-3-5-17(16)25-22(27)21-19-12-28-20-7-2-1-6-18(20)26(19)13-24-21/h1-2,6-10,13,17H,3-5,11-12,23H2,(H,25,27). The van der Waals surface area contributed by atoms with E-state index < -0.39 is 0 Å². The van der Waals surface area contributed by atoms with E-state index in [9.17, 15) is 4.79 Å². The lowest BCUT2D eigenvalue weighted by Crippen LogP contribution is -2.32. The lowest BCUT2D eigenvalue weighted by atomic mass is 9.86. The molecule has 142 valence electrons. The Hall–Kier alpha value is -3.12. The van der Waals surface area contributed by atoms with Gasteiger partial charge in [-0.2, -0.15) is 0 Å². The van der Waals surface area contributed by atoms with Crippen molar-refractivity contribution in [3.05, 3.63) is 76.9 Å². The van der Waals surface area contributed by atoms with Crippen LogP contribution in [0.15, 0.2) is 48.8 Å². The van der Waals surface area contributed by atoms with E-state index in [1.165, 1.54) is 11.1 Å². The molecule has 2 aromatic carbocycles. The molecule has 1 aromatic heterocycles. The molecule has 0 saturated heterocycles. The van der Waals surface area contributed by atoms with Crippen LogP contribution in [0, 0.1) is 0 Å². The molecular weight excluding hydrogens is 352 g/mol. The Morgan fingerprint density at radius 3 is 3.07 bits per heavy atom. The molecule has 28 heavy (non-hydrogen) atoms. The molecule has 3 N–H and O–H groups in total. The van der Waals surface area contributed by atoms with Gasteiger partial charge in [-0.1, -0.05) is 30.3 Å². The highest BCUT2D eigenvalue weighted by atomic mass is 16.5. The summed E-state index contributed by atoms with van der Waals surface area (Å²) in [6.07, 6.45) is 4.70. The number of carbonyl (C=O) groups excluding carboxylic acids is 1. The van der Waals surface area contributed by atoms with E-state index in [4.69, 9.17) is 10.5 Å². The minimum Gasteiger partial charge on any atom is -0.485 e. The second kappa shape index (κ2) is 6.80. The molecule has 1 atom stereocenters. The SMILES string of the molecule is NCc1ccc2c(c1)CCCC2NC(=O)c1ncn2c1COc1ccccc1-2. The number of nitrogens with two attached hydrogens (primary N) is 1. The summed E-state index contributed by atoms with van der Waals surface area (Å²) in [6.45, 7) is 0.869. The number of amides is 1. The lowest BCUT2D eigenvalue weighted by molar-refractivity contribution is 0.0925. The number of nitrogens with zero attached hydrogens (tertiary/aromatic N) is 2. The van der Waals surface area contributed by atoms with Crippen LogP contribution in [-0.2, 0) is 19.6 Å². The zero-order valence-corrected chi connectivity index (χ0v) is 15.5. The number of hydrogen-bond donors (Lipinski definition) is 2. The summed E-state index contributed by atoms with van der Waals surface area (Å²) in [5.74, 6) is 0.647. The zero-order valence-electron chi connectivity index (χ0n) is 15.5. The minimum absolute atomic E-state index is 0.00257. The summed E-state index contributed by atoms with van der Waals surface area (Å²) in [4.78, 5) is 17.4. The molecule has 0 radical (unpaired) electrons. The van der Waals surface area contributed by atoms with Crippen LogP contribution in [0.2, 0.25) is 0 Å². The maximum absolute atomic E-state index is 13.0. The van der Waals surface area contributed by atoms with Crippen LogP contribution in [0.4, 0.5) is 0 Å². The molecule has 1 aliphatic heterocycles. The highest BCUT2D eigenvalue weighted by Crippen LogP contribution is 2.32. The van der Waals surface area contributed by atoms with Crippen molar-refractivity contribution in [1.29, 1.82) is 0 Å². The molecule has 5 rings (SSSR count). The van der Waals surface area contributed by atoms with Crippen LogP contribution >= 0.6 is 0 Å². The lowest BCUT2D eigenvalue weighted by Gasteiger charge is -2.27. The van der Waals surface area contributed by atoms with Gasteiger partial charge in [-0.25, -0.2) is 4.98 Å². The summed E-state index contributed by atoms with van der Waals surface area (Å²) in [5.41, 5.74) is 11.5. The van der Waals surface area contributed by atoms with Crippen LogP contribution in [0.25, 0.3) is 5.69 Å². The van der Waals surface area contributed by atoms with Crippen molar-refractivity contribution >= 4 is 5.91 Å². The summed E-state index contributed by atoms with van der Waals surface area (Å²) in [5, 5.41) is 3.19. The van der Waals surface area contributed by atoms with Gasteiger partial charge in [-0.15, -0.1) is 0 Å². The molecule has 1 amide bonds. The first kappa shape index (κ1) is 17.0. The van der Waals surface area contributed by atoms with E-state index in [1.807, 2.05) is 34.9 Å². The van der Waals surface area contributed by atoms with Crippen LogP contribution < -0.4 is 15.8 Å². The molecule has 3 aromatic rings. The Balaban J connectivity index is 1.42. The number of rotatable bonds is 3. The first-order valence-electron chi connectivity index (χ1n) is 9.65. The van der Waals surface area contributed by atoms with Crippen LogP contribution in [0.1, 0.15) is 51.8 Å². The number of aryl methyl sites for hydroxylation is 1. The van der Waals surface area contributed by atoms with Gasteiger partial charge in [-0.3, -0.25) is 9.36 Å². The maximum atomic E-state index is 13.0. The molecule has 6 heteroatoms. The van der Waals surface area contributed by atoms with Crippen LogP contribution in [0.5, 0.6) is 5.75 Å². The summed E-state index contributed by atoms with van der Waals surface area (Å²) in [6, 6.07) is 14.1. The molecule has 2 heterocycles. The van der Waals surface area contributed by atoms with Gasteiger partial charge in [0.25, 0.3) is 5.91 Å². The first-order valence-corrected chi connectivity index (χ1v) is 9.65. The van der Waals surface area contributed by atoms with E-state index in [0.29, 0.717) is 18.8 Å². The Morgan fingerprint density at radius 1 is 1.29 bits per heavy atom. The van der Waals surface area contributed by atoms with Crippen LogP contribution in [0.3, 0.4) is 0 Å². The Labute approximate surface area is 163 Å². The van der Waals surface area contributed by atoms with Crippen molar-refractivity contribution in [2.75, 3.05) is 0 Å². The number of nitrogens with one attached hydrogen (secondary N) is 1. The third kappa shape index (κ3) is 2.77. The number of aromatic nitrogens is 2. The van der Waals surface area contributed by atoms with Gasteiger partial charge in [0, 0.05) is 6.54 Å². The third-order valence-electron chi connectivity index (χ3n) is 5.63. The first-order chi connectivity index (χ1) is 13.7. The predicted octanol–water partition coefficient (Wildman–Crippen LogP) is 3.03. The number of carbonyl (C=O) groups is 1. The predicted molar refractivity (Wildman–Crippen MR) is 105 cm³/mol. The second-order valence-electron chi connectivity index (χ2n) is 7.32. The van der Waals surface area contributed by atoms with Gasteiger partial charge in [0.2, 0.25) is 0 Å². The maximum Gasteiger partial charge on any atom is 0.272 e. The van der Waals surface area contributed by atoms with Gasteiger partial charge in [0.15, 0.2) is 5.69 Å². The highest BCUT2D eigenvalue weighted by molar-refractivity contribution is 5.94. The quantitative estimate of drug-likeness (QED) is 0.738. The molecule has 0 fully saturated rings. The van der Waals surface area contributed by atoms with Crippen molar-refractivity contribution in [3.63, 3.8) is 0 Å². The normalized spacial score (nSPS) is 17.1. The number of imidazole rings is 1. The van der Waals surface area contributed by atoms with E-state index >= 15 is 0 Å². The van der Waals surface area contributed by atoms with Crippen molar-refractivity contribution in [2.24, 2.45) is 5.73 Å². The fourth-order valence-electron chi connectivity index (χ4n) is 4.20. The Kier molecular flexibility index (Phi) is 4.13. The number of ether oxygens (including phenoxy) is 1. The molecule has 6 nitrogen and oxygen atoms in total. The smallest absolute Gasteiger partial charge is 0.272 e. The molecule has 0 bridgehead atoms. The largest absolute Gasteiger partial charge is 0.485 e. The van der Waals surface area contributed by atoms with Gasteiger partial charge >= 0.3 is 0 Å². The Morgan fingerprint density at radius 2 is 2.18 bits per heavy atom. The number of benzene rings is 2. The molecule has 1 aliphatic carbocycles. The zero-order chi connectivity index (χ0) is 19.1. The van der Waals surface area contributed by atoms with E-state index in [2.05, 4.69) is 22.4 Å². The number of hydrogen-bond acceptors (Lipinski definition) is 4. The van der Waals surface area contributed by atoms with E-state index in [1.54, 1.807) is 6.33 Å². The summed E-state index contributed by atoms with van der Waals surface area (Å²) >= 11 is 0. The van der Waals surface area contributed by atoms with Gasteiger partial charge in [-0.05, 0) is 48.1 Å². The molecular formula is C22H22N4O2.